The number of nitrogens with one attached hydrogen (secondary N) is 1. The van der Waals surface area contributed by atoms with Crippen LogP contribution < -0.4 is 4.72 Å². The van der Waals surface area contributed by atoms with Gasteiger partial charge in [-0.05, 0) is 72.7 Å². The highest BCUT2D eigenvalue weighted by Gasteiger charge is 2.17. The molecule has 0 amide bonds. The van der Waals surface area contributed by atoms with Crippen LogP contribution in [-0.4, -0.2) is 13.4 Å². The normalized spacial score (nSPS) is 14.2. The number of hydrogen-bond acceptors (Lipinski definition) is 4. The smallest absolute Gasteiger partial charge is 0.240 e. The fraction of sp³-hybridized carbons (Fsp3) is 0.250. The molecule has 0 bridgehead atoms. The summed E-state index contributed by atoms with van der Waals surface area (Å²) in [4.78, 5) is 4.66. The minimum atomic E-state index is -3.54. The topological polar surface area (TPSA) is 72.2 Å². The van der Waals surface area contributed by atoms with Crippen LogP contribution in [0.2, 0.25) is 0 Å². The molecule has 1 aromatic carbocycles. The zero-order valence-corrected chi connectivity index (χ0v) is 15.1. The molecule has 1 aliphatic rings. The van der Waals surface area contributed by atoms with Gasteiger partial charge in [0.1, 0.15) is 5.69 Å². The van der Waals surface area contributed by atoms with E-state index in [4.69, 9.17) is 4.42 Å². The summed E-state index contributed by atoms with van der Waals surface area (Å²) >= 11 is 0. The van der Waals surface area contributed by atoms with E-state index in [0.717, 1.165) is 36.1 Å². The van der Waals surface area contributed by atoms with E-state index in [9.17, 15) is 8.42 Å². The second-order valence-electron chi connectivity index (χ2n) is 6.49. The lowest BCUT2D eigenvalue weighted by Crippen LogP contribution is -2.23. The highest BCUT2D eigenvalue weighted by molar-refractivity contribution is 7.89. The van der Waals surface area contributed by atoms with E-state index in [1.54, 1.807) is 24.6 Å². The van der Waals surface area contributed by atoms with E-state index in [2.05, 4.69) is 9.71 Å². The van der Waals surface area contributed by atoms with Gasteiger partial charge in [-0.3, -0.25) is 4.98 Å². The Labute approximate surface area is 153 Å². The maximum absolute atomic E-state index is 12.6. The number of aromatic nitrogens is 1. The van der Waals surface area contributed by atoms with Crippen molar-refractivity contribution in [3.63, 3.8) is 0 Å². The first kappa shape index (κ1) is 17.0. The van der Waals surface area contributed by atoms with Gasteiger partial charge in [0.2, 0.25) is 10.0 Å². The standard InChI is InChI=1S/C20H20N2O3S/c23-26(24,18-9-8-16-4-1-2-5-17(16)12-18)22-14-15-7-10-19(21-13-15)20-6-3-11-25-20/h3,6-13,22H,1-2,4-5,14H2. The molecule has 2 heterocycles. The Morgan fingerprint density at radius 3 is 2.62 bits per heavy atom. The third-order valence-electron chi connectivity index (χ3n) is 4.69. The molecule has 0 spiro atoms. The number of fused-ring (bicyclic) bond motifs is 1. The predicted molar refractivity (Wildman–Crippen MR) is 99.0 cm³/mol. The van der Waals surface area contributed by atoms with Crippen LogP contribution in [0.4, 0.5) is 0 Å². The molecule has 6 heteroatoms. The van der Waals surface area contributed by atoms with Crippen molar-refractivity contribution >= 4 is 10.0 Å². The number of benzene rings is 1. The number of hydrogen-bond donors (Lipinski definition) is 1. The summed E-state index contributed by atoms with van der Waals surface area (Å²) in [6.07, 6.45) is 7.55. The Bertz CT molecular complexity index is 994. The average Bonchev–Trinajstić information content (AvgIpc) is 3.21. The molecule has 2 aromatic heterocycles. The van der Waals surface area contributed by atoms with E-state index in [-0.39, 0.29) is 6.54 Å². The van der Waals surface area contributed by atoms with Crippen LogP contribution in [0.5, 0.6) is 0 Å². The molecule has 1 N–H and O–H groups in total. The molecule has 4 rings (SSSR count). The van der Waals surface area contributed by atoms with Crippen LogP contribution in [0.3, 0.4) is 0 Å². The van der Waals surface area contributed by atoms with E-state index >= 15 is 0 Å². The zero-order chi connectivity index (χ0) is 18.0. The van der Waals surface area contributed by atoms with Gasteiger partial charge in [0.25, 0.3) is 0 Å². The summed E-state index contributed by atoms with van der Waals surface area (Å²) in [6, 6.07) is 12.8. The Morgan fingerprint density at radius 2 is 1.88 bits per heavy atom. The SMILES string of the molecule is O=S(=O)(NCc1ccc(-c2ccco2)nc1)c1ccc2c(c1)CCCC2. The van der Waals surface area contributed by atoms with Gasteiger partial charge in [-0.2, -0.15) is 0 Å². The molecule has 0 unspecified atom stereocenters. The lowest BCUT2D eigenvalue weighted by molar-refractivity contribution is 0.578. The second kappa shape index (κ2) is 7.05. The molecule has 0 aliphatic heterocycles. The van der Waals surface area contributed by atoms with Crippen molar-refractivity contribution in [1.29, 1.82) is 0 Å². The number of furan rings is 1. The van der Waals surface area contributed by atoms with Gasteiger partial charge in [-0.1, -0.05) is 12.1 Å². The quantitative estimate of drug-likeness (QED) is 0.745. The average molecular weight is 368 g/mol. The highest BCUT2D eigenvalue weighted by Crippen LogP contribution is 2.24. The first-order chi connectivity index (χ1) is 12.6. The molecule has 1 aliphatic carbocycles. The minimum Gasteiger partial charge on any atom is -0.463 e. The van der Waals surface area contributed by atoms with Crippen LogP contribution >= 0.6 is 0 Å². The first-order valence-electron chi connectivity index (χ1n) is 8.72. The molecule has 0 atom stereocenters. The van der Waals surface area contributed by atoms with E-state index in [1.807, 2.05) is 30.3 Å². The van der Waals surface area contributed by atoms with Crippen LogP contribution in [0.15, 0.2) is 64.2 Å². The molecule has 134 valence electrons. The van der Waals surface area contributed by atoms with Crippen LogP contribution in [0.25, 0.3) is 11.5 Å². The number of rotatable bonds is 5. The maximum Gasteiger partial charge on any atom is 0.240 e. The van der Waals surface area contributed by atoms with Gasteiger partial charge in [0.05, 0.1) is 11.2 Å². The molecule has 0 saturated carbocycles. The van der Waals surface area contributed by atoms with Crippen molar-refractivity contribution in [2.24, 2.45) is 0 Å². The Kier molecular flexibility index (Phi) is 4.61. The fourth-order valence-corrected chi connectivity index (χ4v) is 4.31. The summed E-state index contributed by atoms with van der Waals surface area (Å²) in [5.74, 6) is 0.686. The number of sulfonamides is 1. The number of nitrogens with zero attached hydrogens (tertiary/aromatic N) is 1. The van der Waals surface area contributed by atoms with Crippen LogP contribution in [-0.2, 0) is 29.4 Å². The molecule has 0 fully saturated rings. The van der Waals surface area contributed by atoms with Gasteiger partial charge in [0.15, 0.2) is 5.76 Å². The molecule has 26 heavy (non-hydrogen) atoms. The molecule has 0 saturated heterocycles. The van der Waals surface area contributed by atoms with Crippen molar-refractivity contribution in [3.05, 3.63) is 71.6 Å². The van der Waals surface area contributed by atoms with Gasteiger partial charge in [-0.25, -0.2) is 13.1 Å². The van der Waals surface area contributed by atoms with Crippen molar-refractivity contribution < 1.29 is 12.8 Å². The first-order valence-corrected chi connectivity index (χ1v) is 10.2. The molecule has 5 nitrogen and oxygen atoms in total. The Balaban J connectivity index is 1.46. The van der Waals surface area contributed by atoms with Crippen LogP contribution in [0.1, 0.15) is 29.5 Å². The lowest BCUT2D eigenvalue weighted by Gasteiger charge is -2.16. The molecular weight excluding hydrogens is 348 g/mol. The zero-order valence-electron chi connectivity index (χ0n) is 14.3. The number of pyridine rings is 1. The van der Waals surface area contributed by atoms with Gasteiger partial charge in [0, 0.05) is 12.7 Å². The molecule has 0 radical (unpaired) electrons. The Morgan fingerprint density at radius 1 is 1.04 bits per heavy atom. The van der Waals surface area contributed by atoms with Crippen molar-refractivity contribution in [1.82, 2.24) is 9.71 Å². The van der Waals surface area contributed by atoms with Gasteiger partial charge >= 0.3 is 0 Å². The minimum absolute atomic E-state index is 0.199. The molecular formula is C20H20N2O3S. The van der Waals surface area contributed by atoms with E-state index in [0.29, 0.717) is 10.7 Å². The summed E-state index contributed by atoms with van der Waals surface area (Å²) in [6.45, 7) is 0.199. The van der Waals surface area contributed by atoms with Crippen molar-refractivity contribution in [3.8, 4) is 11.5 Å². The Hall–Kier alpha value is -2.44. The molecule has 3 aromatic rings. The van der Waals surface area contributed by atoms with Crippen molar-refractivity contribution in [2.45, 2.75) is 37.1 Å². The predicted octanol–water partition coefficient (Wildman–Crippen LogP) is 3.70. The summed E-state index contributed by atoms with van der Waals surface area (Å²) in [5, 5.41) is 0. The van der Waals surface area contributed by atoms with E-state index < -0.39 is 10.0 Å². The monoisotopic (exact) mass is 368 g/mol. The highest BCUT2D eigenvalue weighted by atomic mass is 32.2. The van der Waals surface area contributed by atoms with Crippen LogP contribution in [0, 0.1) is 0 Å². The van der Waals surface area contributed by atoms with Gasteiger partial charge < -0.3 is 4.42 Å². The van der Waals surface area contributed by atoms with Crippen molar-refractivity contribution in [2.75, 3.05) is 0 Å². The maximum atomic E-state index is 12.6. The van der Waals surface area contributed by atoms with Gasteiger partial charge in [-0.15, -0.1) is 0 Å². The number of aryl methyl sites for hydroxylation is 2. The lowest BCUT2D eigenvalue weighted by atomic mass is 9.92. The van der Waals surface area contributed by atoms with E-state index in [1.165, 1.54) is 12.0 Å². The summed E-state index contributed by atoms with van der Waals surface area (Å²) < 4.78 is 33.2. The fourth-order valence-electron chi connectivity index (χ4n) is 3.24. The summed E-state index contributed by atoms with van der Waals surface area (Å²) in [7, 11) is -3.54. The third-order valence-corrected chi connectivity index (χ3v) is 6.09. The largest absolute Gasteiger partial charge is 0.463 e. The second-order valence-corrected chi connectivity index (χ2v) is 8.26. The third kappa shape index (κ3) is 3.57. The summed E-state index contributed by atoms with van der Waals surface area (Å²) in [5.41, 5.74) is 3.94.